The van der Waals surface area contributed by atoms with Gasteiger partial charge in [0.05, 0.1) is 10.3 Å². The predicted octanol–water partition coefficient (Wildman–Crippen LogP) is 3.01. The summed E-state index contributed by atoms with van der Waals surface area (Å²) in [5.74, 6) is -0.182. The fourth-order valence-electron chi connectivity index (χ4n) is 3.22. The fraction of sp³-hybridized carbons (Fsp3) is 0.316. The number of carbonyl (C=O) groups excluding carboxylic acids is 1. The summed E-state index contributed by atoms with van der Waals surface area (Å²) >= 11 is 1.43. The Morgan fingerprint density at radius 1 is 1.32 bits per heavy atom. The van der Waals surface area contributed by atoms with E-state index < -0.39 is 16.9 Å². The number of non-ortho nitro benzene ring substituents is 1. The number of nitro benzene ring substituents is 1. The number of nitrogens with zero attached hydrogens (tertiary/aromatic N) is 3. The molecule has 1 amide bonds. The smallest absolute Gasteiger partial charge is 0.269 e. The number of hydrogen-bond acceptors (Lipinski definition) is 6. The monoisotopic (exact) mass is 400 g/mol. The van der Waals surface area contributed by atoms with Crippen molar-refractivity contribution in [3.63, 3.8) is 0 Å². The zero-order valence-corrected chi connectivity index (χ0v) is 16.6. The Morgan fingerprint density at radius 2 is 1.96 bits per heavy atom. The van der Waals surface area contributed by atoms with E-state index in [4.69, 9.17) is 5.73 Å². The van der Waals surface area contributed by atoms with Crippen LogP contribution in [0.4, 0.5) is 5.69 Å². The molecule has 0 bridgehead atoms. The number of amides is 1. The van der Waals surface area contributed by atoms with Crippen molar-refractivity contribution in [2.75, 3.05) is 0 Å². The zero-order valence-electron chi connectivity index (χ0n) is 15.8. The normalized spacial score (nSPS) is 12.2. The number of fused-ring (bicyclic) bond motifs is 1. The molecule has 0 saturated heterocycles. The number of nitrogens with two attached hydrogens (primary N) is 1. The van der Waals surface area contributed by atoms with Gasteiger partial charge >= 0.3 is 0 Å². The SMILES string of the molecule is CCC(C(N)=O)n1c(Cc2ccc([N+](=O)[O-])cc2)nc2sc(C)c(C)c2c1=O. The Morgan fingerprint density at radius 3 is 2.50 bits per heavy atom. The number of primary amides is 1. The van der Waals surface area contributed by atoms with Crippen LogP contribution in [-0.4, -0.2) is 20.4 Å². The highest BCUT2D eigenvalue weighted by molar-refractivity contribution is 7.18. The third-order valence-corrected chi connectivity index (χ3v) is 5.95. The van der Waals surface area contributed by atoms with Crippen LogP contribution in [0, 0.1) is 24.0 Å². The van der Waals surface area contributed by atoms with Gasteiger partial charge in [-0.05, 0) is 31.4 Å². The molecule has 8 nitrogen and oxygen atoms in total. The van der Waals surface area contributed by atoms with Crippen LogP contribution in [0.3, 0.4) is 0 Å². The Balaban J connectivity index is 2.20. The van der Waals surface area contributed by atoms with E-state index in [0.29, 0.717) is 22.5 Å². The van der Waals surface area contributed by atoms with Crippen molar-refractivity contribution >= 4 is 33.1 Å². The third kappa shape index (κ3) is 3.40. The quantitative estimate of drug-likeness (QED) is 0.503. The molecule has 2 heterocycles. The molecule has 3 aromatic rings. The average Bonchev–Trinajstić information content (AvgIpc) is 2.92. The van der Waals surface area contributed by atoms with Crippen LogP contribution >= 0.6 is 11.3 Å². The van der Waals surface area contributed by atoms with Crippen molar-refractivity contribution in [3.05, 3.63) is 66.6 Å². The van der Waals surface area contributed by atoms with Gasteiger partial charge in [-0.15, -0.1) is 11.3 Å². The molecule has 0 radical (unpaired) electrons. The molecule has 3 rings (SSSR count). The average molecular weight is 400 g/mol. The maximum absolute atomic E-state index is 13.3. The Kier molecular flexibility index (Phi) is 5.28. The van der Waals surface area contributed by atoms with Gasteiger partial charge in [-0.2, -0.15) is 0 Å². The van der Waals surface area contributed by atoms with Crippen molar-refractivity contribution in [1.29, 1.82) is 0 Å². The Labute approximate surface area is 164 Å². The minimum Gasteiger partial charge on any atom is -0.368 e. The molecule has 1 aromatic carbocycles. The molecule has 1 atom stereocenters. The fourth-order valence-corrected chi connectivity index (χ4v) is 4.26. The van der Waals surface area contributed by atoms with Crippen molar-refractivity contribution in [2.24, 2.45) is 5.73 Å². The van der Waals surface area contributed by atoms with Gasteiger partial charge in [0.25, 0.3) is 11.2 Å². The maximum Gasteiger partial charge on any atom is 0.269 e. The summed E-state index contributed by atoms with van der Waals surface area (Å²) in [5, 5.41) is 11.4. The van der Waals surface area contributed by atoms with Gasteiger partial charge in [0.15, 0.2) is 0 Å². The molecule has 2 aromatic heterocycles. The van der Waals surface area contributed by atoms with E-state index in [9.17, 15) is 19.7 Å². The molecule has 146 valence electrons. The number of benzene rings is 1. The molecule has 2 N–H and O–H groups in total. The molecule has 0 saturated carbocycles. The van der Waals surface area contributed by atoms with Crippen LogP contribution in [-0.2, 0) is 11.2 Å². The van der Waals surface area contributed by atoms with Crippen molar-refractivity contribution in [1.82, 2.24) is 9.55 Å². The second kappa shape index (κ2) is 7.51. The summed E-state index contributed by atoms with van der Waals surface area (Å²) in [4.78, 5) is 41.9. The maximum atomic E-state index is 13.3. The molecule has 0 aliphatic carbocycles. The lowest BCUT2D eigenvalue weighted by molar-refractivity contribution is -0.384. The number of carbonyl (C=O) groups is 1. The first kappa shape index (κ1) is 19.7. The lowest BCUT2D eigenvalue weighted by Gasteiger charge is -2.19. The van der Waals surface area contributed by atoms with Crippen LogP contribution in [0.2, 0.25) is 0 Å². The van der Waals surface area contributed by atoms with E-state index in [1.807, 2.05) is 13.8 Å². The van der Waals surface area contributed by atoms with Gasteiger partial charge in [0.1, 0.15) is 16.7 Å². The molecular weight excluding hydrogens is 380 g/mol. The van der Waals surface area contributed by atoms with Gasteiger partial charge in [0, 0.05) is 23.4 Å². The van der Waals surface area contributed by atoms with Crippen LogP contribution in [0.25, 0.3) is 10.2 Å². The van der Waals surface area contributed by atoms with Crippen LogP contribution in [0.15, 0.2) is 29.1 Å². The summed E-state index contributed by atoms with van der Waals surface area (Å²) in [6, 6.07) is 5.24. The second-order valence-corrected chi connectivity index (χ2v) is 7.80. The number of aromatic nitrogens is 2. The van der Waals surface area contributed by atoms with Crippen molar-refractivity contribution in [3.8, 4) is 0 Å². The molecule has 28 heavy (non-hydrogen) atoms. The van der Waals surface area contributed by atoms with E-state index in [1.165, 1.54) is 28.0 Å². The minimum atomic E-state index is -0.808. The number of rotatable bonds is 6. The first-order valence-corrected chi connectivity index (χ1v) is 9.60. The standard InChI is InChI=1S/C19H20N4O4S/c1-4-14(17(20)24)22-15(9-12-5-7-13(8-6-12)23(26)27)21-18-16(19(22)25)10(2)11(3)28-18/h5-8,14H,4,9H2,1-3H3,(H2,20,24). The van der Waals surface area contributed by atoms with Crippen LogP contribution in [0.1, 0.15) is 41.2 Å². The first-order chi connectivity index (χ1) is 13.2. The highest BCUT2D eigenvalue weighted by Gasteiger charge is 2.24. The van der Waals surface area contributed by atoms with Gasteiger partial charge in [0.2, 0.25) is 5.91 Å². The lowest BCUT2D eigenvalue weighted by Crippen LogP contribution is -2.36. The highest BCUT2D eigenvalue weighted by atomic mass is 32.1. The van der Waals surface area contributed by atoms with Crippen molar-refractivity contribution in [2.45, 2.75) is 39.7 Å². The van der Waals surface area contributed by atoms with Crippen LogP contribution < -0.4 is 11.3 Å². The van der Waals surface area contributed by atoms with Gasteiger partial charge in [-0.1, -0.05) is 19.1 Å². The number of aryl methyl sites for hydroxylation is 2. The predicted molar refractivity (Wildman–Crippen MR) is 108 cm³/mol. The Hall–Kier alpha value is -3.07. The van der Waals surface area contributed by atoms with Gasteiger partial charge < -0.3 is 5.73 Å². The molecule has 1 unspecified atom stereocenters. The molecular formula is C19H20N4O4S. The van der Waals surface area contributed by atoms with E-state index in [1.54, 1.807) is 19.1 Å². The van der Waals surface area contributed by atoms with E-state index in [2.05, 4.69) is 4.98 Å². The summed E-state index contributed by atoms with van der Waals surface area (Å²) in [6.45, 7) is 5.57. The van der Waals surface area contributed by atoms with Crippen molar-refractivity contribution < 1.29 is 9.72 Å². The largest absolute Gasteiger partial charge is 0.368 e. The van der Waals surface area contributed by atoms with E-state index in [-0.39, 0.29) is 17.7 Å². The summed E-state index contributed by atoms with van der Waals surface area (Å²) in [7, 11) is 0. The number of nitro groups is 1. The third-order valence-electron chi connectivity index (χ3n) is 4.84. The second-order valence-electron chi connectivity index (χ2n) is 6.59. The summed E-state index contributed by atoms with van der Waals surface area (Å²) in [6.07, 6.45) is 0.612. The van der Waals surface area contributed by atoms with Gasteiger partial charge in [-0.25, -0.2) is 4.98 Å². The minimum absolute atomic E-state index is 0.0161. The van der Waals surface area contributed by atoms with Crippen LogP contribution in [0.5, 0.6) is 0 Å². The molecule has 0 spiro atoms. The molecule has 0 fully saturated rings. The van der Waals surface area contributed by atoms with Gasteiger partial charge in [-0.3, -0.25) is 24.3 Å². The topological polar surface area (TPSA) is 121 Å². The lowest BCUT2D eigenvalue weighted by atomic mass is 10.1. The number of hydrogen-bond donors (Lipinski definition) is 1. The molecule has 0 aliphatic heterocycles. The molecule has 9 heteroatoms. The van der Waals surface area contributed by atoms with E-state index >= 15 is 0 Å². The summed E-state index contributed by atoms with van der Waals surface area (Å²) < 4.78 is 1.38. The highest BCUT2D eigenvalue weighted by Crippen LogP contribution is 2.28. The van der Waals surface area contributed by atoms with E-state index in [0.717, 1.165) is 16.0 Å². The first-order valence-electron chi connectivity index (χ1n) is 8.78. The Bertz CT molecular complexity index is 1130. The molecule has 0 aliphatic rings. The zero-order chi connectivity index (χ0) is 20.6. The number of thiophene rings is 1. The summed E-state index contributed by atoms with van der Waals surface area (Å²) in [5.41, 5.74) is 6.85.